The van der Waals surface area contributed by atoms with Crippen LogP contribution in [-0.2, 0) is 0 Å². The molecule has 120 valence electrons. The maximum Gasteiger partial charge on any atom is 0.143 e. The number of rotatable bonds is 2. The van der Waals surface area contributed by atoms with Crippen LogP contribution < -0.4 is 0 Å². The molecule has 0 spiro atoms. The predicted molar refractivity (Wildman–Crippen MR) is 96.0 cm³/mol. The molecule has 3 aromatic heterocycles. The highest BCUT2D eigenvalue weighted by Gasteiger charge is 2.17. The van der Waals surface area contributed by atoms with Crippen molar-refractivity contribution in [3.63, 3.8) is 0 Å². The topological polar surface area (TPSA) is 54.7 Å². The lowest BCUT2D eigenvalue weighted by Gasteiger charge is -2.09. The van der Waals surface area contributed by atoms with E-state index < -0.39 is 0 Å². The molecule has 0 aliphatic heterocycles. The zero-order chi connectivity index (χ0) is 16.8. The van der Waals surface area contributed by atoms with E-state index in [-0.39, 0.29) is 0 Å². The van der Waals surface area contributed by atoms with E-state index >= 15 is 0 Å². The molecule has 1 aromatic carbocycles. The normalized spacial score (nSPS) is 11.3. The standard InChI is InChI=1S/C20H19N3O/c1-11-7-5-6-8-15(11)20-16-9-12(2)21-17(16)10-18(22-20)19-13(3)23-24-14(19)4/h5-10,21H,1-4H3. The van der Waals surface area contributed by atoms with Crippen LogP contribution in [0.5, 0.6) is 0 Å². The summed E-state index contributed by atoms with van der Waals surface area (Å²) in [6.07, 6.45) is 0. The average molecular weight is 317 g/mol. The number of H-pyrrole nitrogens is 1. The molecular weight excluding hydrogens is 298 g/mol. The van der Waals surface area contributed by atoms with E-state index in [0.717, 1.165) is 50.6 Å². The second-order valence-corrected chi connectivity index (χ2v) is 6.28. The van der Waals surface area contributed by atoms with Crippen LogP contribution in [0.1, 0.15) is 22.7 Å². The van der Waals surface area contributed by atoms with Gasteiger partial charge < -0.3 is 9.51 Å². The maximum atomic E-state index is 5.34. The van der Waals surface area contributed by atoms with Gasteiger partial charge in [-0.25, -0.2) is 4.98 Å². The number of hydrogen-bond acceptors (Lipinski definition) is 3. The Hall–Kier alpha value is -2.88. The Morgan fingerprint density at radius 2 is 1.79 bits per heavy atom. The van der Waals surface area contributed by atoms with E-state index in [4.69, 9.17) is 9.51 Å². The van der Waals surface area contributed by atoms with Crippen LogP contribution in [0.4, 0.5) is 0 Å². The molecule has 0 aliphatic carbocycles. The monoisotopic (exact) mass is 317 g/mol. The summed E-state index contributed by atoms with van der Waals surface area (Å²) < 4.78 is 5.34. The first-order chi connectivity index (χ1) is 11.5. The fourth-order valence-electron chi connectivity index (χ4n) is 3.29. The lowest BCUT2D eigenvalue weighted by molar-refractivity contribution is 0.393. The highest BCUT2D eigenvalue weighted by molar-refractivity contribution is 5.96. The first kappa shape index (κ1) is 14.7. The highest BCUT2D eigenvalue weighted by Crippen LogP contribution is 2.34. The summed E-state index contributed by atoms with van der Waals surface area (Å²) in [6.45, 7) is 8.06. The van der Waals surface area contributed by atoms with Gasteiger partial charge in [0.25, 0.3) is 0 Å². The zero-order valence-electron chi connectivity index (χ0n) is 14.3. The minimum absolute atomic E-state index is 0.790. The maximum absolute atomic E-state index is 5.34. The Balaban J connectivity index is 2.07. The van der Waals surface area contributed by atoms with Gasteiger partial charge in [-0.1, -0.05) is 29.4 Å². The van der Waals surface area contributed by atoms with E-state index in [1.807, 2.05) is 13.8 Å². The van der Waals surface area contributed by atoms with E-state index in [0.29, 0.717) is 0 Å². The number of nitrogens with zero attached hydrogens (tertiary/aromatic N) is 2. The van der Waals surface area contributed by atoms with Crippen LogP contribution in [0, 0.1) is 27.7 Å². The van der Waals surface area contributed by atoms with Gasteiger partial charge in [0, 0.05) is 22.2 Å². The zero-order valence-corrected chi connectivity index (χ0v) is 14.3. The van der Waals surface area contributed by atoms with Gasteiger partial charge in [0.1, 0.15) is 5.76 Å². The summed E-state index contributed by atoms with van der Waals surface area (Å²) in [6, 6.07) is 12.6. The number of pyridine rings is 1. The summed E-state index contributed by atoms with van der Waals surface area (Å²) in [5, 5.41) is 5.21. The summed E-state index contributed by atoms with van der Waals surface area (Å²) in [7, 11) is 0. The van der Waals surface area contributed by atoms with Crippen molar-refractivity contribution in [3.8, 4) is 22.5 Å². The lowest BCUT2D eigenvalue weighted by Crippen LogP contribution is -1.93. The number of aryl methyl sites for hydroxylation is 4. The number of nitrogens with one attached hydrogen (secondary N) is 1. The molecule has 4 rings (SSSR count). The molecule has 4 nitrogen and oxygen atoms in total. The van der Waals surface area contributed by atoms with Crippen LogP contribution in [0.3, 0.4) is 0 Å². The van der Waals surface area contributed by atoms with Gasteiger partial charge in [-0.3, -0.25) is 0 Å². The minimum Gasteiger partial charge on any atom is -0.361 e. The number of fused-ring (bicyclic) bond motifs is 1. The predicted octanol–water partition coefficient (Wildman–Crippen LogP) is 5.12. The van der Waals surface area contributed by atoms with Gasteiger partial charge in [0.2, 0.25) is 0 Å². The van der Waals surface area contributed by atoms with Crippen molar-refractivity contribution in [2.75, 3.05) is 0 Å². The average Bonchev–Trinajstić information content (AvgIpc) is 3.08. The van der Waals surface area contributed by atoms with Crippen molar-refractivity contribution in [1.82, 2.24) is 15.1 Å². The summed E-state index contributed by atoms with van der Waals surface area (Å²) >= 11 is 0. The molecule has 0 amide bonds. The largest absolute Gasteiger partial charge is 0.361 e. The third-order valence-corrected chi connectivity index (χ3v) is 4.44. The number of benzene rings is 1. The van der Waals surface area contributed by atoms with Gasteiger partial charge in [0.15, 0.2) is 0 Å². The van der Waals surface area contributed by atoms with Crippen LogP contribution in [0.15, 0.2) is 40.9 Å². The molecule has 0 bridgehead atoms. The molecule has 3 heterocycles. The Bertz CT molecular complexity index is 1040. The second-order valence-electron chi connectivity index (χ2n) is 6.28. The smallest absolute Gasteiger partial charge is 0.143 e. The molecule has 1 N–H and O–H groups in total. The highest BCUT2D eigenvalue weighted by atomic mass is 16.5. The molecule has 0 aliphatic rings. The Kier molecular flexibility index (Phi) is 3.27. The van der Waals surface area contributed by atoms with Crippen LogP contribution in [0.25, 0.3) is 33.4 Å². The van der Waals surface area contributed by atoms with Crippen LogP contribution >= 0.6 is 0 Å². The van der Waals surface area contributed by atoms with Gasteiger partial charge >= 0.3 is 0 Å². The Morgan fingerprint density at radius 1 is 1.00 bits per heavy atom. The molecule has 0 radical (unpaired) electrons. The van der Waals surface area contributed by atoms with Gasteiger partial charge in [-0.2, -0.15) is 0 Å². The van der Waals surface area contributed by atoms with E-state index in [1.54, 1.807) is 0 Å². The minimum atomic E-state index is 0.790. The van der Waals surface area contributed by atoms with Crippen molar-refractivity contribution >= 4 is 10.9 Å². The second kappa shape index (κ2) is 5.34. The van der Waals surface area contributed by atoms with Crippen molar-refractivity contribution < 1.29 is 4.52 Å². The number of aromatic nitrogens is 3. The van der Waals surface area contributed by atoms with Gasteiger partial charge in [-0.05, 0) is 45.4 Å². The van der Waals surface area contributed by atoms with Gasteiger partial charge in [-0.15, -0.1) is 0 Å². The SMILES string of the molecule is Cc1cc2c(-c3ccccc3C)nc(-c3c(C)noc3C)cc2[nH]1. The first-order valence-corrected chi connectivity index (χ1v) is 8.04. The summed E-state index contributed by atoms with van der Waals surface area (Å²) in [4.78, 5) is 8.43. The molecule has 4 heteroatoms. The molecule has 0 saturated carbocycles. The molecular formula is C20H19N3O. The molecule has 0 unspecified atom stereocenters. The van der Waals surface area contributed by atoms with Crippen molar-refractivity contribution in [1.29, 1.82) is 0 Å². The van der Waals surface area contributed by atoms with Gasteiger partial charge in [0.05, 0.1) is 22.6 Å². The van der Waals surface area contributed by atoms with E-state index in [2.05, 4.69) is 60.4 Å². The number of hydrogen-bond donors (Lipinski definition) is 1. The molecule has 24 heavy (non-hydrogen) atoms. The van der Waals surface area contributed by atoms with E-state index in [9.17, 15) is 0 Å². The Morgan fingerprint density at radius 3 is 2.50 bits per heavy atom. The third-order valence-electron chi connectivity index (χ3n) is 4.44. The lowest BCUT2D eigenvalue weighted by atomic mass is 10.0. The molecule has 4 aromatic rings. The third kappa shape index (κ3) is 2.22. The Labute approximate surface area is 140 Å². The van der Waals surface area contributed by atoms with Crippen molar-refractivity contribution in [2.24, 2.45) is 0 Å². The summed E-state index contributed by atoms with van der Waals surface area (Å²) in [5.41, 5.74) is 8.27. The molecule has 0 atom stereocenters. The van der Waals surface area contributed by atoms with Crippen LogP contribution in [0.2, 0.25) is 0 Å². The summed E-state index contributed by atoms with van der Waals surface area (Å²) in [5.74, 6) is 0.790. The number of aromatic amines is 1. The van der Waals surface area contributed by atoms with Crippen LogP contribution in [-0.4, -0.2) is 15.1 Å². The molecule has 0 fully saturated rings. The van der Waals surface area contributed by atoms with Crippen molar-refractivity contribution in [3.05, 3.63) is 59.1 Å². The van der Waals surface area contributed by atoms with Crippen molar-refractivity contribution in [2.45, 2.75) is 27.7 Å². The molecule has 0 saturated heterocycles. The fourth-order valence-corrected chi connectivity index (χ4v) is 3.29. The first-order valence-electron chi connectivity index (χ1n) is 8.04. The van der Waals surface area contributed by atoms with E-state index in [1.165, 1.54) is 5.56 Å². The quantitative estimate of drug-likeness (QED) is 0.558. The fraction of sp³-hybridized carbons (Fsp3) is 0.200.